The van der Waals surface area contributed by atoms with E-state index in [-0.39, 0.29) is 0 Å². The molecule has 1 N–H and O–H groups in total. The Hall–Kier alpha value is 0.1000. The molecule has 1 aromatic rings. The van der Waals surface area contributed by atoms with Gasteiger partial charge in [-0.05, 0) is 40.9 Å². The highest BCUT2D eigenvalue weighted by molar-refractivity contribution is 9.10. The number of nitrogens with one attached hydrogen (secondary N) is 1. The maximum atomic E-state index is 3.52. The van der Waals surface area contributed by atoms with Crippen molar-refractivity contribution in [3.05, 3.63) is 20.8 Å². The summed E-state index contributed by atoms with van der Waals surface area (Å²) in [6, 6.07) is 2.20. The topological polar surface area (TPSA) is 15.3 Å². The molecule has 1 aliphatic heterocycles. The zero-order chi connectivity index (χ0) is 12.1. The molecule has 4 heteroatoms. The van der Waals surface area contributed by atoms with E-state index in [2.05, 4.69) is 44.5 Å². The average molecular weight is 317 g/mol. The van der Waals surface area contributed by atoms with Crippen molar-refractivity contribution in [1.29, 1.82) is 0 Å². The lowest BCUT2D eigenvalue weighted by molar-refractivity contribution is 0.320. The second-order valence-corrected chi connectivity index (χ2v) is 6.68. The van der Waals surface area contributed by atoms with Gasteiger partial charge in [0.25, 0.3) is 0 Å². The van der Waals surface area contributed by atoms with Gasteiger partial charge in [0, 0.05) is 40.9 Å². The molecule has 0 amide bonds. The van der Waals surface area contributed by atoms with E-state index in [4.69, 9.17) is 0 Å². The van der Waals surface area contributed by atoms with Gasteiger partial charge in [-0.1, -0.05) is 13.3 Å². The highest BCUT2D eigenvalue weighted by Gasteiger charge is 2.19. The molecule has 2 nitrogen and oxygen atoms in total. The molecule has 1 aliphatic rings. The SMILES string of the molecule is CCC1CCN(CCNCc2cc(Br)cs2)C1. The number of halogens is 1. The lowest BCUT2D eigenvalue weighted by Crippen LogP contribution is -2.30. The number of likely N-dealkylation sites (tertiary alicyclic amines) is 1. The molecule has 0 saturated carbocycles. The molecule has 0 bridgehead atoms. The fourth-order valence-corrected chi connectivity index (χ4v) is 3.77. The summed E-state index contributed by atoms with van der Waals surface area (Å²) in [6.45, 7) is 8.21. The molecular formula is C13H21BrN2S. The van der Waals surface area contributed by atoms with Crippen LogP contribution in [0.15, 0.2) is 15.9 Å². The van der Waals surface area contributed by atoms with Gasteiger partial charge in [-0.15, -0.1) is 11.3 Å². The normalized spacial score (nSPS) is 21.2. The van der Waals surface area contributed by atoms with Crippen molar-refractivity contribution in [2.45, 2.75) is 26.3 Å². The van der Waals surface area contributed by atoms with Crippen LogP contribution in [0.5, 0.6) is 0 Å². The van der Waals surface area contributed by atoms with Crippen molar-refractivity contribution in [3.8, 4) is 0 Å². The molecule has 0 radical (unpaired) electrons. The van der Waals surface area contributed by atoms with Crippen LogP contribution in [0.3, 0.4) is 0 Å². The van der Waals surface area contributed by atoms with Crippen LogP contribution >= 0.6 is 27.3 Å². The third-order valence-electron chi connectivity index (χ3n) is 3.47. The summed E-state index contributed by atoms with van der Waals surface area (Å²) in [7, 11) is 0. The van der Waals surface area contributed by atoms with Gasteiger partial charge < -0.3 is 10.2 Å². The van der Waals surface area contributed by atoms with Crippen LogP contribution in [0.1, 0.15) is 24.6 Å². The van der Waals surface area contributed by atoms with Crippen molar-refractivity contribution in [2.75, 3.05) is 26.2 Å². The zero-order valence-electron chi connectivity index (χ0n) is 10.4. The van der Waals surface area contributed by atoms with E-state index >= 15 is 0 Å². The molecule has 1 fully saturated rings. The third-order valence-corrected chi connectivity index (χ3v) is 5.17. The van der Waals surface area contributed by atoms with E-state index in [1.165, 1.54) is 41.8 Å². The minimum Gasteiger partial charge on any atom is -0.311 e. The van der Waals surface area contributed by atoms with E-state index in [1.807, 2.05) is 11.3 Å². The van der Waals surface area contributed by atoms with Crippen LogP contribution in [0.2, 0.25) is 0 Å². The van der Waals surface area contributed by atoms with Crippen molar-refractivity contribution >= 4 is 27.3 Å². The smallest absolute Gasteiger partial charge is 0.0300 e. The van der Waals surface area contributed by atoms with Crippen molar-refractivity contribution < 1.29 is 0 Å². The van der Waals surface area contributed by atoms with E-state index < -0.39 is 0 Å². The predicted molar refractivity (Wildman–Crippen MR) is 78.6 cm³/mol. The molecule has 1 aromatic heterocycles. The van der Waals surface area contributed by atoms with Crippen LogP contribution in [0.25, 0.3) is 0 Å². The molecule has 1 atom stereocenters. The van der Waals surface area contributed by atoms with Gasteiger partial charge in [0.2, 0.25) is 0 Å². The summed E-state index contributed by atoms with van der Waals surface area (Å²) in [6.07, 6.45) is 2.74. The van der Waals surface area contributed by atoms with Crippen molar-refractivity contribution in [2.24, 2.45) is 5.92 Å². The molecule has 17 heavy (non-hydrogen) atoms. The number of rotatable bonds is 6. The van der Waals surface area contributed by atoms with E-state index in [1.54, 1.807) is 0 Å². The molecule has 0 aromatic carbocycles. The molecular weight excluding hydrogens is 296 g/mol. The van der Waals surface area contributed by atoms with Gasteiger partial charge in [0.1, 0.15) is 0 Å². The Labute approximate surface area is 117 Å². The Bertz CT molecular complexity index is 340. The standard InChI is InChI=1S/C13H21BrN2S/c1-2-11-3-5-16(9-11)6-4-15-8-13-7-12(14)10-17-13/h7,10-11,15H,2-6,8-9H2,1H3. The van der Waals surface area contributed by atoms with Crippen LogP contribution < -0.4 is 5.32 Å². The maximum absolute atomic E-state index is 3.52. The minimum atomic E-state index is 0.947. The molecule has 2 rings (SSSR count). The first kappa shape index (κ1) is 13.5. The van der Waals surface area contributed by atoms with E-state index in [9.17, 15) is 0 Å². The van der Waals surface area contributed by atoms with Crippen LogP contribution in [-0.4, -0.2) is 31.1 Å². The average Bonchev–Trinajstić information content (AvgIpc) is 2.93. The number of hydrogen-bond donors (Lipinski definition) is 1. The summed E-state index contributed by atoms with van der Waals surface area (Å²) in [5.41, 5.74) is 0. The van der Waals surface area contributed by atoms with Gasteiger partial charge in [0.15, 0.2) is 0 Å². The summed E-state index contributed by atoms with van der Waals surface area (Å²) >= 11 is 5.30. The third kappa shape index (κ3) is 4.36. The molecule has 1 unspecified atom stereocenters. The predicted octanol–water partition coefficient (Wildman–Crippen LogP) is 3.33. The summed E-state index contributed by atoms with van der Waals surface area (Å²) in [5, 5.41) is 5.66. The number of hydrogen-bond acceptors (Lipinski definition) is 3. The zero-order valence-corrected chi connectivity index (χ0v) is 12.8. The fourth-order valence-electron chi connectivity index (χ4n) is 2.34. The molecule has 0 aliphatic carbocycles. The molecule has 1 saturated heterocycles. The van der Waals surface area contributed by atoms with Gasteiger partial charge in [-0.25, -0.2) is 0 Å². The first-order chi connectivity index (χ1) is 8.28. The Morgan fingerprint density at radius 3 is 3.12 bits per heavy atom. The van der Waals surface area contributed by atoms with Crippen molar-refractivity contribution in [1.82, 2.24) is 10.2 Å². The highest BCUT2D eigenvalue weighted by atomic mass is 79.9. The first-order valence-electron chi connectivity index (χ1n) is 6.44. The van der Waals surface area contributed by atoms with Gasteiger partial charge in [-0.2, -0.15) is 0 Å². The summed E-state index contributed by atoms with van der Waals surface area (Å²) in [5.74, 6) is 0.947. The molecule has 0 spiro atoms. The molecule has 96 valence electrons. The monoisotopic (exact) mass is 316 g/mol. The van der Waals surface area contributed by atoms with Gasteiger partial charge in [0.05, 0.1) is 0 Å². The van der Waals surface area contributed by atoms with Crippen LogP contribution in [-0.2, 0) is 6.54 Å². The molecule has 2 heterocycles. The second-order valence-electron chi connectivity index (χ2n) is 4.77. The van der Waals surface area contributed by atoms with Gasteiger partial charge in [-0.3, -0.25) is 0 Å². The number of thiophene rings is 1. The quantitative estimate of drug-likeness (QED) is 0.810. The Balaban J connectivity index is 1.57. The lowest BCUT2D eigenvalue weighted by Gasteiger charge is -2.15. The summed E-state index contributed by atoms with van der Waals surface area (Å²) < 4.78 is 1.20. The highest BCUT2D eigenvalue weighted by Crippen LogP contribution is 2.20. The van der Waals surface area contributed by atoms with Crippen LogP contribution in [0.4, 0.5) is 0 Å². The summed E-state index contributed by atoms with van der Waals surface area (Å²) in [4.78, 5) is 4.00. The number of nitrogens with zero attached hydrogens (tertiary/aromatic N) is 1. The maximum Gasteiger partial charge on any atom is 0.0300 e. The Morgan fingerprint density at radius 2 is 2.47 bits per heavy atom. The minimum absolute atomic E-state index is 0.947. The van der Waals surface area contributed by atoms with E-state index in [0.717, 1.165) is 19.0 Å². The van der Waals surface area contributed by atoms with Gasteiger partial charge >= 0.3 is 0 Å². The second kappa shape index (κ2) is 6.88. The first-order valence-corrected chi connectivity index (χ1v) is 8.11. The van der Waals surface area contributed by atoms with Crippen LogP contribution in [0, 0.1) is 5.92 Å². The fraction of sp³-hybridized carbons (Fsp3) is 0.692. The van der Waals surface area contributed by atoms with E-state index in [0.29, 0.717) is 0 Å². The largest absolute Gasteiger partial charge is 0.311 e. The Morgan fingerprint density at radius 1 is 1.59 bits per heavy atom. The lowest BCUT2D eigenvalue weighted by atomic mass is 10.1. The van der Waals surface area contributed by atoms with Crippen molar-refractivity contribution in [3.63, 3.8) is 0 Å². The Kier molecular flexibility index (Phi) is 5.48.